The number of benzene rings is 2. The van der Waals surface area contributed by atoms with Gasteiger partial charge in [0, 0.05) is 118 Å². The molecule has 2 saturated heterocycles. The van der Waals surface area contributed by atoms with Crippen molar-refractivity contribution in [3.05, 3.63) is 107 Å². The molecule has 2 bridgehead atoms. The number of likely N-dealkylation sites (N-methyl/N-ethyl adjacent to an activating group) is 1. The van der Waals surface area contributed by atoms with Gasteiger partial charge >= 0.3 is 11.9 Å². The van der Waals surface area contributed by atoms with Crippen LogP contribution >= 0.6 is 0 Å². The zero-order chi connectivity index (χ0) is 99.1. The summed E-state index contributed by atoms with van der Waals surface area (Å²) in [4.78, 5) is 113. The molecule has 762 valence electrons. The minimum atomic E-state index is -2.44. The fourth-order valence-electron chi connectivity index (χ4n) is 18.2. The number of allylic oxidation sites excluding steroid dienone is 5. The average Bonchev–Trinajstić information content (AvgIpc) is 1.54. The normalized spacial score (nSPS) is 26.5. The zero-order valence-corrected chi connectivity index (χ0v) is 83.4. The van der Waals surface area contributed by atoms with Crippen LogP contribution in [0.1, 0.15) is 182 Å². The summed E-state index contributed by atoms with van der Waals surface area (Å²) in [6.45, 7) is 28.4. The predicted molar refractivity (Wildman–Crippen MR) is 515 cm³/mol. The number of nitrogens with zero attached hydrogens (tertiary/aromatic N) is 8. The minimum Gasteiger partial charge on any atom is -0.460 e. The maximum absolute atomic E-state index is 14.8. The van der Waals surface area contributed by atoms with E-state index in [-0.39, 0.29) is 78.7 Å². The summed E-state index contributed by atoms with van der Waals surface area (Å²) in [6.07, 6.45) is 15.8. The number of oxazole rings is 1. The Morgan fingerprint density at radius 1 is 0.693 bits per heavy atom. The van der Waals surface area contributed by atoms with E-state index in [4.69, 9.17) is 92.0 Å². The van der Waals surface area contributed by atoms with E-state index >= 15 is 0 Å². The van der Waals surface area contributed by atoms with Crippen molar-refractivity contribution in [1.29, 1.82) is 0 Å². The van der Waals surface area contributed by atoms with Crippen LogP contribution in [0.4, 0.5) is 11.8 Å². The van der Waals surface area contributed by atoms with Crippen LogP contribution in [0, 0.1) is 41.4 Å². The number of amides is 3. The topological polar surface area (TPSA) is 430 Å². The standard InChI is InChI=1S/C66H109NO18.C36H45N9O7/c1-14-29-79-31-33-81-35-36-82-34-32-80-30-27-45(4)64(72)83-54-26-24-51(40-58(54)77-12)39-47(6)57-42-56(76-11)46(5)38-49(8)60(69)61(78-13)59(68)48(7)37-43(2)20-16-15-17-21-44(3)55(75-10)41-52-25-23-50(9)66(74,85-52)62(70)63(71)67-28-19-18-22-53(67)65(73)84-57;1-24(46)43(2)10-12-49-14-16-51-18-17-50-15-13-48-11-8-31(47)44-9-7-26-19-25(3-4-28(26)22-44)21-45-35-32(34(37)39-23-40-35)33(42-45)27-5-6-30-29(20-27)41-36(38)52-30/h15-17,20-21,38,43,45-48,50-58,60-61,69,74H,14,18-19,22-37,39-42H2,1-13H3;3-6,19-20,23H,7-18,21-22H2,1-2H3,(H2,38,41)(H2,37,39,40)/b17-15+,20-16+,44-21+,49-38+;/t43-,45?,46-,47-,48-,50-,51+,52+,53+,54-,55+,56-,57+,58-,60-,61+,66-;/m1./s1. The number of methoxy groups -OCH3 is 4. The summed E-state index contributed by atoms with van der Waals surface area (Å²) >= 11 is 0. The van der Waals surface area contributed by atoms with E-state index in [9.17, 15) is 43.8 Å². The highest BCUT2D eigenvalue weighted by molar-refractivity contribution is 6.39. The molecule has 1 unspecified atom stereocenters. The van der Waals surface area contributed by atoms with Crippen LogP contribution in [-0.2, 0) is 124 Å². The number of esters is 2. The van der Waals surface area contributed by atoms with E-state index in [1.807, 2.05) is 99.7 Å². The molecule has 0 radical (unpaired) electrons. The van der Waals surface area contributed by atoms with Crippen LogP contribution in [0.5, 0.6) is 0 Å². The van der Waals surface area contributed by atoms with Crippen LogP contribution < -0.4 is 11.5 Å². The van der Waals surface area contributed by atoms with Crippen molar-refractivity contribution in [2.75, 3.05) is 172 Å². The number of carbonyl (C=O) groups is 7. The average molecular weight is 1920 g/mol. The summed E-state index contributed by atoms with van der Waals surface area (Å²) in [5, 5.41) is 29.4. The van der Waals surface area contributed by atoms with Gasteiger partial charge in [0.1, 0.15) is 53.8 Å². The lowest BCUT2D eigenvalue weighted by Gasteiger charge is -2.43. The van der Waals surface area contributed by atoms with Crippen LogP contribution in [0.15, 0.2) is 94.7 Å². The molecule has 35 nitrogen and oxygen atoms in total. The van der Waals surface area contributed by atoms with Crippen molar-refractivity contribution < 1.29 is 119 Å². The Kier molecular flexibility index (Phi) is 47.1. The van der Waals surface area contributed by atoms with Gasteiger partial charge in [-0.25, -0.2) is 19.4 Å². The number of hydrogen-bond acceptors (Lipinski definition) is 31. The number of fused-ring (bicyclic) bond motifs is 6. The number of rotatable bonds is 41. The van der Waals surface area contributed by atoms with Crippen molar-refractivity contribution in [3.63, 3.8) is 0 Å². The number of carbonyl (C=O) groups excluding carboxylic acids is 7. The SMILES string of the molecule is CC(=O)N(C)CCOCCOCCOCCOCCC(=O)N1CCc2cc(Cn3nc(-c4ccc5oc(N)nc5c4)c4c(N)ncnc43)ccc2C1.CCCOCCOCCOCCOCCC(C)C(=O)O[C@@H]1CC[C@@H](C[C@@H](C)[C@@H]2C[C@@H](OC)[C@H](C)/C=C(\C)[C@@H](O)[C@@H](OC)C(=O)[C@H](C)C[C@H](C)/C=C/C=C/C=C(\C)[C@@H](OC)C[C@@H]3CC[C@@H](C)[C@@](O)(O3)C(=O)C(=O)N3CCCC[C@H]3C(=O)O2)C[C@H]1OC. The molecule has 1 aliphatic carbocycles. The molecule has 0 spiro atoms. The molecular weight excluding hydrogens is 1770 g/mol. The van der Waals surface area contributed by atoms with Gasteiger partial charge in [-0.2, -0.15) is 10.1 Å². The van der Waals surface area contributed by atoms with E-state index in [1.54, 1.807) is 53.2 Å². The third-order valence-corrected chi connectivity index (χ3v) is 26.6. The Hall–Kier alpha value is -8.89. The summed E-state index contributed by atoms with van der Waals surface area (Å²) in [5.74, 6) is -7.39. The highest BCUT2D eigenvalue weighted by Gasteiger charge is 2.53. The Morgan fingerprint density at radius 2 is 1.36 bits per heavy atom. The van der Waals surface area contributed by atoms with Gasteiger partial charge in [-0.05, 0) is 161 Å². The second kappa shape index (κ2) is 57.7. The molecule has 10 rings (SSSR count). The smallest absolute Gasteiger partial charge is 0.329 e. The van der Waals surface area contributed by atoms with E-state index in [0.717, 1.165) is 41.7 Å². The second-order valence-corrected chi connectivity index (χ2v) is 37.1. The number of aromatic nitrogens is 5. The Labute approximate surface area is 807 Å². The van der Waals surface area contributed by atoms with Gasteiger partial charge in [0.2, 0.25) is 17.6 Å². The molecule has 2 aromatic carbocycles. The molecule has 3 aromatic heterocycles. The Bertz CT molecular complexity index is 4730. The van der Waals surface area contributed by atoms with E-state index in [0.29, 0.717) is 242 Å². The molecule has 6 N–H and O–H groups in total. The van der Waals surface area contributed by atoms with Gasteiger partial charge in [0.25, 0.3) is 17.7 Å². The maximum atomic E-state index is 14.8. The lowest BCUT2D eigenvalue weighted by atomic mass is 9.78. The van der Waals surface area contributed by atoms with Crippen molar-refractivity contribution >= 4 is 75.2 Å². The number of cyclic esters (lactones) is 1. The monoisotopic (exact) mass is 1920 g/mol. The molecule has 17 atom stereocenters. The van der Waals surface area contributed by atoms with Gasteiger partial charge in [-0.1, -0.05) is 103 Å². The van der Waals surface area contributed by atoms with Crippen LogP contribution in [-0.4, -0.2) is 312 Å². The van der Waals surface area contributed by atoms with Crippen molar-refractivity contribution in [3.8, 4) is 11.3 Å². The Morgan fingerprint density at radius 3 is 2.03 bits per heavy atom. The van der Waals surface area contributed by atoms with Gasteiger partial charge in [0.05, 0.1) is 141 Å². The summed E-state index contributed by atoms with van der Waals surface area (Å²) < 4.78 is 94.3. The number of nitrogen functional groups attached to an aromatic ring is 2. The first-order valence-corrected chi connectivity index (χ1v) is 49.0. The molecule has 137 heavy (non-hydrogen) atoms. The number of anilines is 2. The first-order valence-electron chi connectivity index (χ1n) is 49.0. The number of nitrogens with two attached hydrogens (primary N) is 2. The molecule has 3 fully saturated rings. The van der Waals surface area contributed by atoms with E-state index in [2.05, 4.69) is 40.1 Å². The van der Waals surface area contributed by atoms with E-state index < -0.39 is 90.0 Å². The number of ketones is 2. The number of hydrogen-bond donors (Lipinski definition) is 4. The highest BCUT2D eigenvalue weighted by Crippen LogP contribution is 2.41. The second-order valence-electron chi connectivity index (χ2n) is 37.1. The number of ether oxygens (including phenoxy) is 15. The lowest BCUT2D eigenvalue weighted by Crippen LogP contribution is -2.61. The van der Waals surface area contributed by atoms with Gasteiger partial charge in [-0.3, -0.25) is 28.8 Å². The fraction of sp³-hybridized carbons (Fsp3) is 0.676. The summed E-state index contributed by atoms with van der Waals surface area (Å²) in [6, 6.07) is 10.9. The number of aliphatic hydroxyl groups is 2. The third-order valence-electron chi connectivity index (χ3n) is 26.6. The molecule has 4 aliphatic heterocycles. The van der Waals surface area contributed by atoms with Crippen LogP contribution in [0.3, 0.4) is 0 Å². The Balaban J connectivity index is 0.000000343. The van der Waals surface area contributed by atoms with Crippen LogP contribution in [0.25, 0.3) is 33.4 Å². The molecule has 7 heterocycles. The molecule has 5 aliphatic rings. The molecular formula is C102H154N10O25. The fourth-order valence-corrected chi connectivity index (χ4v) is 18.2. The van der Waals surface area contributed by atoms with Gasteiger partial charge in [0.15, 0.2) is 17.0 Å². The van der Waals surface area contributed by atoms with Gasteiger partial charge < -0.3 is 112 Å². The molecule has 1 saturated carbocycles. The van der Waals surface area contributed by atoms with Crippen molar-refractivity contribution in [2.45, 2.75) is 246 Å². The minimum absolute atomic E-state index is 0.0138. The zero-order valence-electron chi connectivity index (χ0n) is 83.4. The summed E-state index contributed by atoms with van der Waals surface area (Å²) in [5.41, 5.74) is 20.2. The first kappa shape index (κ1) is 112. The highest BCUT2D eigenvalue weighted by atomic mass is 16.6. The lowest BCUT2D eigenvalue weighted by molar-refractivity contribution is -0.265. The molecule has 35 heteroatoms. The van der Waals surface area contributed by atoms with Crippen LogP contribution in [0.2, 0.25) is 0 Å². The first-order chi connectivity index (χ1) is 65.9. The van der Waals surface area contributed by atoms with Crippen molar-refractivity contribution in [1.82, 2.24) is 39.4 Å². The molecule has 5 aromatic rings. The van der Waals surface area contributed by atoms with Crippen molar-refractivity contribution in [2.24, 2.45) is 41.4 Å². The third kappa shape index (κ3) is 33.9. The predicted octanol–water partition coefficient (Wildman–Crippen LogP) is 11.3. The quantitative estimate of drug-likeness (QED) is 0.0122. The number of aliphatic hydroxyl groups excluding tert-OH is 1. The molecule has 3 amide bonds. The number of Topliss-reactive ketones (excluding diaryl/α,β-unsaturated/α-hetero) is 2. The summed E-state index contributed by atoms with van der Waals surface area (Å²) in [7, 11) is 7.94. The number of piperidine rings is 1. The van der Waals surface area contributed by atoms with E-state index in [1.165, 1.54) is 30.8 Å². The maximum Gasteiger partial charge on any atom is 0.329 e. The van der Waals surface area contributed by atoms with Gasteiger partial charge in [-0.15, -0.1) is 0 Å². The largest absolute Gasteiger partial charge is 0.460 e.